The lowest BCUT2D eigenvalue weighted by Gasteiger charge is -2.22. The molecule has 11 nitrogen and oxygen atoms in total. The Bertz CT molecular complexity index is 1190. The standard InChI is InChI=1S/C24H29N7O4/c1-14(25)22(33)30-31-24(35)29-20(11-15-7-3-2-4-8-15)23(34)28-19(21(26)32)12-16-13-27-18-10-6-5-9-17(16)18/h2-10,13-14,19-20,27H,11-12,25H2,1H3,(H2,26,32)(H,28,34)(H,30,33)(H2,29,31,35)/t14-,19-,20-/m0/s1. The summed E-state index contributed by atoms with van der Waals surface area (Å²) in [5.41, 5.74) is 17.8. The molecule has 0 radical (unpaired) electrons. The molecule has 0 bridgehead atoms. The third-order valence-corrected chi connectivity index (χ3v) is 5.38. The van der Waals surface area contributed by atoms with E-state index < -0.39 is 41.9 Å². The number of nitrogens with one attached hydrogen (secondary N) is 5. The number of urea groups is 1. The second kappa shape index (κ2) is 11.7. The molecular formula is C24H29N7O4. The van der Waals surface area contributed by atoms with Crippen LogP contribution in [0.25, 0.3) is 10.9 Å². The molecule has 1 aromatic heterocycles. The smallest absolute Gasteiger partial charge is 0.334 e. The molecular weight excluding hydrogens is 450 g/mol. The van der Waals surface area contributed by atoms with E-state index in [1.54, 1.807) is 30.5 Å². The molecule has 1 heterocycles. The summed E-state index contributed by atoms with van der Waals surface area (Å²) < 4.78 is 0. The van der Waals surface area contributed by atoms with Crippen LogP contribution < -0.4 is 33.0 Å². The van der Waals surface area contributed by atoms with Gasteiger partial charge in [-0.2, -0.15) is 0 Å². The van der Waals surface area contributed by atoms with E-state index in [1.165, 1.54) is 6.92 Å². The fraction of sp³-hybridized carbons (Fsp3) is 0.250. The summed E-state index contributed by atoms with van der Waals surface area (Å²) >= 11 is 0. The zero-order chi connectivity index (χ0) is 25.4. The quantitative estimate of drug-likeness (QED) is 0.212. The highest BCUT2D eigenvalue weighted by molar-refractivity contribution is 5.93. The van der Waals surface area contributed by atoms with Crippen molar-refractivity contribution in [2.45, 2.75) is 37.9 Å². The van der Waals surface area contributed by atoms with E-state index in [0.717, 1.165) is 22.0 Å². The molecule has 0 aliphatic carbocycles. The molecule has 184 valence electrons. The van der Waals surface area contributed by atoms with Crippen molar-refractivity contribution in [3.8, 4) is 0 Å². The number of carbonyl (C=O) groups excluding carboxylic acids is 4. The molecule has 2 aromatic carbocycles. The zero-order valence-corrected chi connectivity index (χ0v) is 19.2. The lowest BCUT2D eigenvalue weighted by Crippen LogP contribution is -2.58. The lowest BCUT2D eigenvalue weighted by atomic mass is 10.0. The van der Waals surface area contributed by atoms with Crippen molar-refractivity contribution in [2.24, 2.45) is 11.5 Å². The highest BCUT2D eigenvalue weighted by atomic mass is 16.2. The minimum atomic E-state index is -1.06. The van der Waals surface area contributed by atoms with E-state index in [9.17, 15) is 19.2 Å². The first-order valence-corrected chi connectivity index (χ1v) is 11.0. The van der Waals surface area contributed by atoms with Crippen LogP contribution in [0.2, 0.25) is 0 Å². The Labute approximate surface area is 202 Å². The van der Waals surface area contributed by atoms with Crippen molar-refractivity contribution in [3.05, 3.63) is 71.9 Å². The van der Waals surface area contributed by atoms with Crippen molar-refractivity contribution < 1.29 is 19.2 Å². The van der Waals surface area contributed by atoms with Crippen LogP contribution in [0.15, 0.2) is 60.8 Å². The fourth-order valence-corrected chi connectivity index (χ4v) is 3.50. The number of primary amides is 1. The van der Waals surface area contributed by atoms with Gasteiger partial charge in [-0.15, -0.1) is 0 Å². The van der Waals surface area contributed by atoms with E-state index in [2.05, 4.69) is 26.5 Å². The molecule has 0 spiro atoms. The van der Waals surface area contributed by atoms with Crippen LogP contribution in [0.1, 0.15) is 18.1 Å². The highest BCUT2D eigenvalue weighted by Gasteiger charge is 2.27. The van der Waals surface area contributed by atoms with Crippen molar-refractivity contribution in [1.82, 2.24) is 26.5 Å². The number of aromatic nitrogens is 1. The number of benzene rings is 2. The molecule has 0 fully saturated rings. The number of amides is 5. The highest BCUT2D eigenvalue weighted by Crippen LogP contribution is 2.19. The average molecular weight is 480 g/mol. The number of fused-ring (bicyclic) bond motifs is 1. The van der Waals surface area contributed by atoms with Gasteiger partial charge in [-0.05, 0) is 24.1 Å². The summed E-state index contributed by atoms with van der Waals surface area (Å²) in [5.74, 6) is -1.92. The summed E-state index contributed by atoms with van der Waals surface area (Å²) in [4.78, 5) is 52.4. The van der Waals surface area contributed by atoms with Gasteiger partial charge in [0.1, 0.15) is 12.1 Å². The molecule has 3 aromatic rings. The van der Waals surface area contributed by atoms with Gasteiger partial charge in [-0.1, -0.05) is 48.5 Å². The van der Waals surface area contributed by atoms with Gasteiger partial charge in [0, 0.05) is 29.9 Å². The Kier molecular flexibility index (Phi) is 8.41. The second-order valence-corrected chi connectivity index (χ2v) is 8.15. The summed E-state index contributed by atoms with van der Waals surface area (Å²) in [6.45, 7) is 1.46. The first kappa shape index (κ1) is 25.2. The van der Waals surface area contributed by atoms with Crippen LogP contribution in [-0.2, 0) is 27.2 Å². The number of rotatable bonds is 9. The monoisotopic (exact) mass is 479 g/mol. The average Bonchev–Trinajstić information content (AvgIpc) is 3.25. The Morgan fingerprint density at radius 2 is 1.54 bits per heavy atom. The third-order valence-electron chi connectivity index (χ3n) is 5.38. The number of carbonyl (C=O) groups is 4. The molecule has 9 N–H and O–H groups in total. The summed E-state index contributed by atoms with van der Waals surface area (Å²) in [6, 6.07) is 12.9. The number of H-pyrrole nitrogens is 1. The Hall–Kier alpha value is -4.38. The number of hydrazine groups is 1. The molecule has 0 aliphatic heterocycles. The summed E-state index contributed by atoms with van der Waals surface area (Å²) in [6.07, 6.45) is 2.07. The van der Waals surface area contributed by atoms with E-state index in [4.69, 9.17) is 11.5 Å². The van der Waals surface area contributed by atoms with Gasteiger partial charge < -0.3 is 27.1 Å². The van der Waals surface area contributed by atoms with Crippen LogP contribution in [-0.4, -0.2) is 46.9 Å². The first-order chi connectivity index (χ1) is 16.7. The number of hydrogen-bond donors (Lipinski definition) is 7. The van der Waals surface area contributed by atoms with E-state index in [-0.39, 0.29) is 12.8 Å². The van der Waals surface area contributed by atoms with Crippen LogP contribution in [0.3, 0.4) is 0 Å². The number of aromatic amines is 1. The molecule has 0 unspecified atom stereocenters. The van der Waals surface area contributed by atoms with Gasteiger partial charge in [0.2, 0.25) is 11.8 Å². The topological polar surface area (TPSA) is 184 Å². The number of para-hydroxylation sites is 1. The van der Waals surface area contributed by atoms with Crippen molar-refractivity contribution in [1.29, 1.82) is 0 Å². The summed E-state index contributed by atoms with van der Waals surface area (Å²) in [7, 11) is 0. The zero-order valence-electron chi connectivity index (χ0n) is 19.2. The van der Waals surface area contributed by atoms with Crippen molar-refractivity contribution >= 4 is 34.7 Å². The van der Waals surface area contributed by atoms with Crippen molar-refractivity contribution in [2.75, 3.05) is 0 Å². The van der Waals surface area contributed by atoms with Gasteiger partial charge >= 0.3 is 6.03 Å². The van der Waals surface area contributed by atoms with Crippen LogP contribution in [0.5, 0.6) is 0 Å². The predicted molar refractivity (Wildman–Crippen MR) is 131 cm³/mol. The van der Waals surface area contributed by atoms with Crippen LogP contribution >= 0.6 is 0 Å². The van der Waals surface area contributed by atoms with E-state index >= 15 is 0 Å². The molecule has 0 aliphatic rings. The van der Waals surface area contributed by atoms with Crippen LogP contribution in [0.4, 0.5) is 4.79 Å². The van der Waals surface area contributed by atoms with E-state index in [1.807, 2.05) is 30.3 Å². The van der Waals surface area contributed by atoms with Crippen LogP contribution in [0, 0.1) is 0 Å². The normalized spacial score (nSPS) is 13.3. The van der Waals surface area contributed by atoms with Gasteiger partial charge in [-0.3, -0.25) is 19.8 Å². The summed E-state index contributed by atoms with van der Waals surface area (Å²) in [5, 5.41) is 6.08. The Morgan fingerprint density at radius 1 is 0.857 bits per heavy atom. The maximum Gasteiger partial charge on any atom is 0.334 e. The lowest BCUT2D eigenvalue weighted by molar-refractivity contribution is -0.128. The van der Waals surface area contributed by atoms with Gasteiger partial charge in [-0.25, -0.2) is 10.2 Å². The second-order valence-electron chi connectivity index (χ2n) is 8.15. The molecule has 3 rings (SSSR count). The maximum atomic E-state index is 13.2. The maximum absolute atomic E-state index is 13.2. The molecule has 0 saturated carbocycles. The van der Waals surface area contributed by atoms with Gasteiger partial charge in [0.25, 0.3) is 5.91 Å². The predicted octanol–water partition coefficient (Wildman–Crippen LogP) is -0.0306. The Morgan fingerprint density at radius 3 is 2.23 bits per heavy atom. The van der Waals surface area contributed by atoms with Gasteiger partial charge in [0.05, 0.1) is 6.04 Å². The minimum absolute atomic E-state index is 0.139. The molecule has 3 atom stereocenters. The molecule has 5 amide bonds. The largest absolute Gasteiger partial charge is 0.368 e. The molecule has 11 heteroatoms. The molecule has 0 saturated heterocycles. The number of nitrogens with two attached hydrogens (primary N) is 2. The fourth-order valence-electron chi connectivity index (χ4n) is 3.50. The number of hydrogen-bond acceptors (Lipinski definition) is 5. The van der Waals surface area contributed by atoms with E-state index in [0.29, 0.717) is 0 Å². The van der Waals surface area contributed by atoms with Gasteiger partial charge in [0.15, 0.2) is 0 Å². The third kappa shape index (κ3) is 7.05. The first-order valence-electron chi connectivity index (χ1n) is 11.0. The minimum Gasteiger partial charge on any atom is -0.368 e. The SMILES string of the molecule is C[C@H](N)C(=O)NNC(=O)N[C@@H](Cc1ccccc1)C(=O)N[C@@H](Cc1c[nH]c2ccccc12)C(N)=O. The molecule has 35 heavy (non-hydrogen) atoms. The van der Waals surface area contributed by atoms with Crippen molar-refractivity contribution in [3.63, 3.8) is 0 Å². The Balaban J connectivity index is 1.73.